The summed E-state index contributed by atoms with van der Waals surface area (Å²) in [5.41, 5.74) is 6.32. The topological polar surface area (TPSA) is 59.2 Å². The van der Waals surface area contributed by atoms with Crippen LogP contribution in [0.1, 0.15) is 32.1 Å². The summed E-state index contributed by atoms with van der Waals surface area (Å²) in [6.45, 7) is 0. The molecule has 0 saturated heterocycles. The third-order valence-corrected chi connectivity index (χ3v) is 3.52. The molecule has 0 aliphatic heterocycles. The molecule has 1 saturated carbocycles. The van der Waals surface area contributed by atoms with Gasteiger partial charge in [-0.3, -0.25) is 4.79 Å². The highest BCUT2D eigenvalue weighted by Gasteiger charge is 2.19. The van der Waals surface area contributed by atoms with Gasteiger partial charge < -0.3 is 10.6 Å². The number of anilines is 2. The number of pyridine rings is 1. The first-order valence-electron chi connectivity index (χ1n) is 6.15. The maximum Gasteiger partial charge on any atom is 0.226 e. The first kappa shape index (κ1) is 11.9. The Morgan fingerprint density at radius 3 is 2.82 bits per heavy atom. The molecule has 0 atom stereocenters. The first-order valence-corrected chi connectivity index (χ1v) is 6.15. The molecule has 0 radical (unpaired) electrons. The van der Waals surface area contributed by atoms with Crippen molar-refractivity contribution in [3.63, 3.8) is 0 Å². The second-order valence-corrected chi connectivity index (χ2v) is 4.73. The van der Waals surface area contributed by atoms with Crippen LogP contribution in [0.5, 0.6) is 0 Å². The Bertz CT molecular complexity index is 384. The third kappa shape index (κ3) is 2.96. The number of hydrogen-bond acceptors (Lipinski definition) is 3. The molecule has 2 rings (SSSR count). The van der Waals surface area contributed by atoms with Crippen LogP contribution in [0, 0.1) is 5.92 Å². The summed E-state index contributed by atoms with van der Waals surface area (Å²) in [4.78, 5) is 17.6. The molecule has 0 bridgehead atoms. The second kappa shape index (κ2) is 5.17. The van der Waals surface area contributed by atoms with Crippen LogP contribution < -0.4 is 10.6 Å². The Labute approximate surface area is 102 Å². The molecule has 0 unspecified atom stereocenters. The molecule has 4 nitrogen and oxygen atoms in total. The van der Waals surface area contributed by atoms with Gasteiger partial charge in [0.1, 0.15) is 5.82 Å². The minimum atomic E-state index is 0.156. The quantitative estimate of drug-likeness (QED) is 0.867. The van der Waals surface area contributed by atoms with E-state index in [2.05, 4.69) is 4.98 Å². The average Bonchev–Trinajstić information content (AvgIpc) is 2.27. The largest absolute Gasteiger partial charge is 0.384 e. The molecular weight excluding hydrogens is 214 g/mol. The van der Waals surface area contributed by atoms with Gasteiger partial charge in [0.05, 0.1) is 11.9 Å². The standard InChI is InChI=1S/C13H19N3O/c1-16(11-6-7-12(14)15-9-11)13(17)8-5-10-3-2-4-10/h6-7,9-10H,2-5,8H2,1H3,(H2,14,15). The van der Waals surface area contributed by atoms with Crippen molar-refractivity contribution in [2.24, 2.45) is 5.92 Å². The fourth-order valence-electron chi connectivity index (χ4n) is 2.02. The lowest BCUT2D eigenvalue weighted by molar-refractivity contribution is -0.118. The van der Waals surface area contributed by atoms with Crippen molar-refractivity contribution in [3.05, 3.63) is 18.3 Å². The summed E-state index contributed by atoms with van der Waals surface area (Å²) in [7, 11) is 1.79. The van der Waals surface area contributed by atoms with E-state index >= 15 is 0 Å². The molecule has 1 heterocycles. The molecule has 2 N–H and O–H groups in total. The molecular formula is C13H19N3O. The number of carbonyl (C=O) groups excluding carboxylic acids is 1. The van der Waals surface area contributed by atoms with E-state index < -0.39 is 0 Å². The maximum atomic E-state index is 11.9. The van der Waals surface area contributed by atoms with E-state index in [0.717, 1.165) is 18.0 Å². The number of nitrogens with two attached hydrogens (primary N) is 1. The number of hydrogen-bond donors (Lipinski definition) is 1. The van der Waals surface area contributed by atoms with Crippen molar-refractivity contribution in [2.45, 2.75) is 32.1 Å². The van der Waals surface area contributed by atoms with E-state index in [4.69, 9.17) is 5.73 Å². The summed E-state index contributed by atoms with van der Waals surface area (Å²) in [6, 6.07) is 3.54. The fourth-order valence-corrected chi connectivity index (χ4v) is 2.02. The van der Waals surface area contributed by atoms with Crippen LogP contribution in [0.3, 0.4) is 0 Å². The highest BCUT2D eigenvalue weighted by molar-refractivity contribution is 5.92. The normalized spacial score (nSPS) is 15.4. The molecule has 92 valence electrons. The van der Waals surface area contributed by atoms with Crippen molar-refractivity contribution in [1.29, 1.82) is 0 Å². The van der Waals surface area contributed by atoms with Crippen molar-refractivity contribution < 1.29 is 4.79 Å². The Morgan fingerprint density at radius 1 is 1.53 bits per heavy atom. The molecule has 17 heavy (non-hydrogen) atoms. The number of nitrogens with zero attached hydrogens (tertiary/aromatic N) is 2. The van der Waals surface area contributed by atoms with Gasteiger partial charge >= 0.3 is 0 Å². The molecule has 1 aromatic heterocycles. The van der Waals surface area contributed by atoms with Crippen molar-refractivity contribution in [3.8, 4) is 0 Å². The van der Waals surface area contributed by atoms with Crippen LogP contribution in [-0.2, 0) is 4.79 Å². The van der Waals surface area contributed by atoms with E-state index in [1.54, 1.807) is 24.2 Å². The van der Waals surface area contributed by atoms with Gasteiger partial charge in [0.15, 0.2) is 0 Å². The number of carbonyl (C=O) groups is 1. The van der Waals surface area contributed by atoms with Crippen LogP contribution in [0.15, 0.2) is 18.3 Å². The van der Waals surface area contributed by atoms with Gasteiger partial charge in [0.25, 0.3) is 0 Å². The summed E-state index contributed by atoms with van der Waals surface area (Å²) in [5.74, 6) is 1.41. The fraction of sp³-hybridized carbons (Fsp3) is 0.538. The number of rotatable bonds is 4. The predicted molar refractivity (Wildman–Crippen MR) is 68.6 cm³/mol. The van der Waals surface area contributed by atoms with E-state index in [1.165, 1.54) is 19.3 Å². The average molecular weight is 233 g/mol. The smallest absolute Gasteiger partial charge is 0.226 e. The Hall–Kier alpha value is -1.58. The minimum absolute atomic E-state index is 0.156. The van der Waals surface area contributed by atoms with E-state index in [1.807, 2.05) is 6.07 Å². The molecule has 1 amide bonds. The van der Waals surface area contributed by atoms with E-state index in [9.17, 15) is 4.79 Å². The molecule has 1 aliphatic carbocycles. The first-order chi connectivity index (χ1) is 8.16. The minimum Gasteiger partial charge on any atom is -0.384 e. The lowest BCUT2D eigenvalue weighted by Gasteiger charge is -2.26. The maximum absolute atomic E-state index is 11.9. The monoisotopic (exact) mass is 233 g/mol. The zero-order chi connectivity index (χ0) is 12.3. The lowest BCUT2D eigenvalue weighted by Crippen LogP contribution is -2.27. The van der Waals surface area contributed by atoms with Gasteiger partial charge in [-0.15, -0.1) is 0 Å². The van der Waals surface area contributed by atoms with Crippen molar-refractivity contribution in [1.82, 2.24) is 4.98 Å². The van der Waals surface area contributed by atoms with Crippen molar-refractivity contribution in [2.75, 3.05) is 17.7 Å². The van der Waals surface area contributed by atoms with Gasteiger partial charge in [-0.2, -0.15) is 0 Å². The van der Waals surface area contributed by atoms with Crippen LogP contribution in [0.2, 0.25) is 0 Å². The third-order valence-electron chi connectivity index (χ3n) is 3.52. The molecule has 1 aliphatic rings. The summed E-state index contributed by atoms with van der Waals surface area (Å²) in [6.07, 6.45) is 7.20. The Kier molecular flexibility index (Phi) is 3.61. The van der Waals surface area contributed by atoms with Crippen LogP contribution in [0.25, 0.3) is 0 Å². The zero-order valence-corrected chi connectivity index (χ0v) is 10.2. The number of amides is 1. The molecule has 4 heteroatoms. The van der Waals surface area contributed by atoms with Crippen LogP contribution in [0.4, 0.5) is 11.5 Å². The second-order valence-electron chi connectivity index (χ2n) is 4.73. The van der Waals surface area contributed by atoms with E-state index in [-0.39, 0.29) is 5.91 Å². The van der Waals surface area contributed by atoms with Crippen LogP contribution in [-0.4, -0.2) is 17.9 Å². The Morgan fingerprint density at radius 2 is 2.29 bits per heavy atom. The van der Waals surface area contributed by atoms with Crippen molar-refractivity contribution >= 4 is 17.4 Å². The van der Waals surface area contributed by atoms with Gasteiger partial charge in [-0.1, -0.05) is 19.3 Å². The van der Waals surface area contributed by atoms with Gasteiger partial charge in [0.2, 0.25) is 5.91 Å². The van der Waals surface area contributed by atoms with Gasteiger partial charge in [-0.05, 0) is 24.5 Å². The molecule has 1 aromatic rings. The molecule has 0 aromatic carbocycles. The molecule has 0 spiro atoms. The van der Waals surface area contributed by atoms with Gasteiger partial charge in [-0.25, -0.2) is 4.98 Å². The predicted octanol–water partition coefficient (Wildman–Crippen LogP) is 2.21. The van der Waals surface area contributed by atoms with Crippen LogP contribution >= 0.6 is 0 Å². The lowest BCUT2D eigenvalue weighted by atomic mass is 9.82. The number of aromatic nitrogens is 1. The molecule has 1 fully saturated rings. The summed E-state index contributed by atoms with van der Waals surface area (Å²) < 4.78 is 0. The van der Waals surface area contributed by atoms with E-state index in [0.29, 0.717) is 12.2 Å². The zero-order valence-electron chi connectivity index (χ0n) is 10.2. The van der Waals surface area contributed by atoms with Gasteiger partial charge in [0, 0.05) is 13.5 Å². The number of nitrogen functional groups attached to an aromatic ring is 1. The highest BCUT2D eigenvalue weighted by Crippen LogP contribution is 2.30. The Balaban J connectivity index is 1.87. The highest BCUT2D eigenvalue weighted by atomic mass is 16.2. The SMILES string of the molecule is CN(C(=O)CCC1CCC1)c1ccc(N)nc1. The summed E-state index contributed by atoms with van der Waals surface area (Å²) >= 11 is 0. The summed E-state index contributed by atoms with van der Waals surface area (Å²) in [5, 5.41) is 0.